The van der Waals surface area contributed by atoms with Gasteiger partial charge in [0.25, 0.3) is 0 Å². The number of aromatic nitrogens is 2. The summed E-state index contributed by atoms with van der Waals surface area (Å²) in [4.78, 5) is 9.55. The molecule has 1 aliphatic rings. The van der Waals surface area contributed by atoms with E-state index in [9.17, 15) is 5.11 Å². The Morgan fingerprint density at radius 3 is 3.00 bits per heavy atom. The highest BCUT2D eigenvalue weighted by Crippen LogP contribution is 2.30. The van der Waals surface area contributed by atoms with Crippen molar-refractivity contribution >= 4 is 11.3 Å². The molecule has 0 bridgehead atoms. The molecule has 1 N–H and O–H groups in total. The molecule has 0 spiro atoms. The second kappa shape index (κ2) is 6.30. The fourth-order valence-corrected chi connectivity index (χ4v) is 4.09. The molecule has 1 saturated heterocycles. The molecule has 1 aliphatic heterocycles. The Morgan fingerprint density at radius 1 is 1.48 bits per heavy atom. The molecule has 2 atom stereocenters. The second-order valence-corrected chi connectivity index (χ2v) is 7.36. The summed E-state index contributed by atoms with van der Waals surface area (Å²) in [6.07, 6.45) is 5.42. The largest absolute Gasteiger partial charge is 0.385 e. The summed E-state index contributed by atoms with van der Waals surface area (Å²) in [6.45, 7) is 5.23. The van der Waals surface area contributed by atoms with Gasteiger partial charge in [0.1, 0.15) is 11.9 Å². The van der Waals surface area contributed by atoms with Crippen LogP contribution in [0.25, 0.3) is 0 Å². The molecule has 3 heterocycles. The summed E-state index contributed by atoms with van der Waals surface area (Å²) < 4.78 is 1.92. The lowest BCUT2D eigenvalue weighted by Crippen LogP contribution is -2.37. The van der Waals surface area contributed by atoms with Gasteiger partial charge in [0, 0.05) is 48.2 Å². The van der Waals surface area contributed by atoms with Gasteiger partial charge >= 0.3 is 0 Å². The van der Waals surface area contributed by atoms with E-state index in [0.717, 1.165) is 38.3 Å². The molecule has 0 unspecified atom stereocenters. The predicted octanol–water partition coefficient (Wildman–Crippen LogP) is 2.74. The lowest BCUT2D eigenvalue weighted by atomic mass is 9.92. The van der Waals surface area contributed by atoms with Crippen molar-refractivity contribution in [1.29, 1.82) is 0 Å². The number of hydrogen-bond acceptors (Lipinski definition) is 4. The van der Waals surface area contributed by atoms with Gasteiger partial charge in [-0.15, -0.1) is 11.3 Å². The van der Waals surface area contributed by atoms with Gasteiger partial charge in [-0.1, -0.05) is 0 Å². The first kappa shape index (κ1) is 14.8. The first-order valence-electron chi connectivity index (χ1n) is 7.56. The molecule has 0 aromatic carbocycles. The van der Waals surface area contributed by atoms with Crippen molar-refractivity contribution < 1.29 is 5.11 Å². The zero-order valence-corrected chi connectivity index (χ0v) is 13.5. The quantitative estimate of drug-likeness (QED) is 0.944. The van der Waals surface area contributed by atoms with E-state index >= 15 is 0 Å². The van der Waals surface area contributed by atoms with E-state index in [-0.39, 0.29) is 5.92 Å². The maximum absolute atomic E-state index is 10.6. The SMILES string of the molecule is Cc1ccc(CN2CCC[C@@H]([C@@H](O)c3nccn3C)C2)s1. The Kier molecular flexibility index (Phi) is 4.42. The van der Waals surface area contributed by atoms with Crippen LogP contribution in [0.4, 0.5) is 0 Å². The monoisotopic (exact) mass is 305 g/mol. The molecule has 2 aromatic rings. The van der Waals surface area contributed by atoms with E-state index in [2.05, 4.69) is 28.9 Å². The standard InChI is InChI=1S/C16H23N3OS/c1-12-5-6-14(21-12)11-19-8-3-4-13(10-19)15(20)16-17-7-9-18(16)2/h5-7,9,13,15,20H,3-4,8,10-11H2,1-2H3/t13-,15-/m1/s1. The first-order valence-corrected chi connectivity index (χ1v) is 8.38. The number of rotatable bonds is 4. The molecule has 21 heavy (non-hydrogen) atoms. The number of nitrogens with zero attached hydrogens (tertiary/aromatic N) is 3. The minimum atomic E-state index is -0.460. The molecule has 5 heteroatoms. The highest BCUT2D eigenvalue weighted by molar-refractivity contribution is 7.11. The minimum absolute atomic E-state index is 0.279. The lowest BCUT2D eigenvalue weighted by Gasteiger charge is -2.34. The van der Waals surface area contributed by atoms with Crippen molar-refractivity contribution in [3.8, 4) is 0 Å². The minimum Gasteiger partial charge on any atom is -0.385 e. The van der Waals surface area contributed by atoms with Crippen molar-refractivity contribution in [2.45, 2.75) is 32.4 Å². The van der Waals surface area contributed by atoms with Crippen LogP contribution in [0.2, 0.25) is 0 Å². The van der Waals surface area contributed by atoms with Crippen molar-refractivity contribution in [2.75, 3.05) is 13.1 Å². The number of thiophene rings is 1. The number of likely N-dealkylation sites (tertiary alicyclic amines) is 1. The summed E-state index contributed by atoms with van der Waals surface area (Å²) in [5.74, 6) is 1.06. The van der Waals surface area contributed by atoms with E-state index in [0.29, 0.717) is 0 Å². The van der Waals surface area contributed by atoms with Crippen LogP contribution in [0.1, 0.15) is 34.5 Å². The van der Waals surface area contributed by atoms with Gasteiger partial charge in [0.05, 0.1) is 0 Å². The average molecular weight is 305 g/mol. The van der Waals surface area contributed by atoms with Crippen LogP contribution in [-0.2, 0) is 13.6 Å². The summed E-state index contributed by atoms with van der Waals surface area (Å²) in [6, 6.07) is 4.41. The normalized spacial score (nSPS) is 21.6. The van der Waals surface area contributed by atoms with Crippen molar-refractivity contribution in [1.82, 2.24) is 14.5 Å². The Balaban J connectivity index is 1.64. The molecular formula is C16H23N3OS. The molecule has 2 aromatic heterocycles. The van der Waals surface area contributed by atoms with Crippen LogP contribution >= 0.6 is 11.3 Å². The van der Waals surface area contributed by atoms with Gasteiger partial charge in [0.15, 0.2) is 0 Å². The molecular weight excluding hydrogens is 282 g/mol. The summed E-state index contributed by atoms with van der Waals surface area (Å²) in [5.41, 5.74) is 0. The molecule has 3 rings (SSSR count). The lowest BCUT2D eigenvalue weighted by molar-refractivity contribution is 0.0408. The number of hydrogen-bond donors (Lipinski definition) is 1. The fraction of sp³-hybridized carbons (Fsp3) is 0.562. The zero-order chi connectivity index (χ0) is 14.8. The maximum atomic E-state index is 10.6. The molecule has 0 radical (unpaired) electrons. The van der Waals surface area contributed by atoms with Crippen LogP contribution in [0.5, 0.6) is 0 Å². The van der Waals surface area contributed by atoms with Gasteiger partial charge in [0.2, 0.25) is 0 Å². The van der Waals surface area contributed by atoms with Crippen LogP contribution in [-0.4, -0.2) is 32.6 Å². The van der Waals surface area contributed by atoms with E-state index < -0.39 is 6.10 Å². The average Bonchev–Trinajstić information content (AvgIpc) is 3.07. The first-order chi connectivity index (χ1) is 10.1. The van der Waals surface area contributed by atoms with Crippen molar-refractivity contribution in [3.05, 3.63) is 40.1 Å². The number of imidazole rings is 1. The molecule has 1 fully saturated rings. The zero-order valence-electron chi connectivity index (χ0n) is 12.7. The van der Waals surface area contributed by atoms with Gasteiger partial charge in [-0.2, -0.15) is 0 Å². The van der Waals surface area contributed by atoms with Crippen LogP contribution in [0.3, 0.4) is 0 Å². The number of aliphatic hydroxyl groups is 1. The molecule has 0 aliphatic carbocycles. The number of aryl methyl sites for hydroxylation is 2. The Bertz CT molecular complexity index is 592. The summed E-state index contributed by atoms with van der Waals surface area (Å²) in [5, 5.41) is 10.6. The van der Waals surface area contributed by atoms with Crippen LogP contribution in [0.15, 0.2) is 24.5 Å². The van der Waals surface area contributed by atoms with Gasteiger partial charge in [-0.25, -0.2) is 4.98 Å². The summed E-state index contributed by atoms with van der Waals surface area (Å²) >= 11 is 1.87. The Hall–Kier alpha value is -1.17. The van der Waals surface area contributed by atoms with E-state index in [1.165, 1.54) is 9.75 Å². The van der Waals surface area contributed by atoms with Crippen molar-refractivity contribution in [3.63, 3.8) is 0 Å². The van der Waals surface area contributed by atoms with Gasteiger partial charge < -0.3 is 9.67 Å². The summed E-state index contributed by atoms with van der Waals surface area (Å²) in [7, 11) is 1.95. The molecule has 114 valence electrons. The molecule has 0 amide bonds. The molecule has 0 saturated carbocycles. The highest BCUT2D eigenvalue weighted by Gasteiger charge is 2.29. The Labute approximate surface area is 130 Å². The van der Waals surface area contributed by atoms with E-state index in [4.69, 9.17) is 0 Å². The maximum Gasteiger partial charge on any atom is 0.137 e. The number of aliphatic hydroxyl groups excluding tert-OH is 1. The predicted molar refractivity (Wildman–Crippen MR) is 85.2 cm³/mol. The fourth-order valence-electron chi connectivity index (χ4n) is 3.16. The third-order valence-electron chi connectivity index (χ3n) is 4.29. The van der Waals surface area contributed by atoms with E-state index in [1.54, 1.807) is 6.20 Å². The van der Waals surface area contributed by atoms with E-state index in [1.807, 2.05) is 29.1 Å². The van der Waals surface area contributed by atoms with Crippen LogP contribution < -0.4 is 0 Å². The van der Waals surface area contributed by atoms with Gasteiger partial charge in [-0.3, -0.25) is 4.90 Å². The van der Waals surface area contributed by atoms with Gasteiger partial charge in [-0.05, 0) is 38.4 Å². The van der Waals surface area contributed by atoms with Crippen molar-refractivity contribution in [2.24, 2.45) is 13.0 Å². The smallest absolute Gasteiger partial charge is 0.137 e. The second-order valence-electron chi connectivity index (χ2n) is 5.99. The topological polar surface area (TPSA) is 41.3 Å². The highest BCUT2D eigenvalue weighted by atomic mass is 32.1. The molecule has 4 nitrogen and oxygen atoms in total. The third-order valence-corrected chi connectivity index (χ3v) is 5.27. The number of piperidine rings is 1. The van der Waals surface area contributed by atoms with Crippen LogP contribution in [0, 0.1) is 12.8 Å². The Morgan fingerprint density at radius 2 is 2.33 bits per heavy atom. The third kappa shape index (κ3) is 3.36.